The minimum absolute atomic E-state index is 0.185. The number of aromatic nitrogens is 2. The number of nitrogens with one attached hydrogen (secondary N) is 1. The van der Waals surface area contributed by atoms with E-state index in [-0.39, 0.29) is 16.2 Å². The van der Waals surface area contributed by atoms with Crippen LogP contribution in [0.1, 0.15) is 21.5 Å². The molecule has 0 fully saturated rings. The third-order valence-corrected chi connectivity index (χ3v) is 5.95. The molecule has 0 aliphatic heterocycles. The molecule has 1 N–H and O–H groups in total. The molecule has 5 nitrogen and oxygen atoms in total. The first-order valence-corrected chi connectivity index (χ1v) is 10.7. The maximum absolute atomic E-state index is 13.7. The molecule has 0 aliphatic carbocycles. The summed E-state index contributed by atoms with van der Waals surface area (Å²) in [4.78, 5) is 20.6. The number of carbonyl (C=O) groups excluding carboxylic acids is 1. The lowest BCUT2D eigenvalue weighted by molar-refractivity contribution is 0.103. The Morgan fingerprint density at radius 3 is 2.62 bits per heavy atom. The molecule has 146 valence electrons. The standard InChI is InChI=1S/C22H17FN2O3S/c1-13-6-7-15(23)11-18(13)21(26)19-12-25-22-20(19)17(8-9-24-22)14-4-3-5-16(10-14)29(2,27)28/h3-12H,1-2H3,(H,24,25). The van der Waals surface area contributed by atoms with E-state index in [1.165, 1.54) is 18.2 Å². The van der Waals surface area contributed by atoms with Crippen LogP contribution >= 0.6 is 0 Å². The van der Waals surface area contributed by atoms with E-state index in [9.17, 15) is 17.6 Å². The van der Waals surface area contributed by atoms with Crippen molar-refractivity contribution in [3.8, 4) is 11.1 Å². The summed E-state index contributed by atoms with van der Waals surface area (Å²) in [6.45, 7) is 1.75. The predicted molar refractivity (Wildman–Crippen MR) is 109 cm³/mol. The molecule has 0 spiro atoms. The zero-order chi connectivity index (χ0) is 20.8. The van der Waals surface area contributed by atoms with E-state index >= 15 is 0 Å². The number of aromatic amines is 1. The molecule has 0 bridgehead atoms. The molecule has 0 atom stereocenters. The third kappa shape index (κ3) is 3.45. The minimum Gasteiger partial charge on any atom is -0.345 e. The Hall–Kier alpha value is -3.32. The van der Waals surface area contributed by atoms with Gasteiger partial charge in [0.15, 0.2) is 15.6 Å². The van der Waals surface area contributed by atoms with Gasteiger partial charge in [0.05, 0.1) is 10.5 Å². The highest BCUT2D eigenvalue weighted by Crippen LogP contribution is 2.32. The molecule has 7 heteroatoms. The molecule has 2 aromatic heterocycles. The lowest BCUT2D eigenvalue weighted by Crippen LogP contribution is -2.04. The van der Waals surface area contributed by atoms with E-state index in [2.05, 4.69) is 9.97 Å². The summed E-state index contributed by atoms with van der Waals surface area (Å²) >= 11 is 0. The van der Waals surface area contributed by atoms with Gasteiger partial charge in [0.2, 0.25) is 0 Å². The van der Waals surface area contributed by atoms with Crippen LogP contribution in [0.4, 0.5) is 4.39 Å². The Balaban J connectivity index is 1.94. The van der Waals surface area contributed by atoms with E-state index in [1.54, 1.807) is 49.6 Å². The fraction of sp³-hybridized carbons (Fsp3) is 0.0909. The largest absolute Gasteiger partial charge is 0.345 e. The number of benzene rings is 2. The van der Waals surface area contributed by atoms with E-state index < -0.39 is 15.7 Å². The first-order chi connectivity index (χ1) is 13.8. The van der Waals surface area contributed by atoms with Gasteiger partial charge in [0, 0.05) is 29.6 Å². The van der Waals surface area contributed by atoms with Crippen LogP contribution in [0.15, 0.2) is 65.8 Å². The lowest BCUT2D eigenvalue weighted by Gasteiger charge is -2.09. The number of nitrogens with zero attached hydrogens (tertiary/aromatic N) is 1. The highest BCUT2D eigenvalue weighted by Gasteiger charge is 2.20. The molecule has 2 aromatic carbocycles. The molecule has 0 unspecified atom stereocenters. The predicted octanol–water partition coefficient (Wildman–Crippen LogP) is 4.31. The van der Waals surface area contributed by atoms with Crippen LogP contribution in [0.3, 0.4) is 0 Å². The number of fused-ring (bicyclic) bond motifs is 1. The minimum atomic E-state index is -3.39. The van der Waals surface area contributed by atoms with Gasteiger partial charge >= 0.3 is 0 Å². The molecule has 0 saturated heterocycles. The summed E-state index contributed by atoms with van der Waals surface area (Å²) in [5.74, 6) is -0.820. The monoisotopic (exact) mass is 408 g/mol. The number of hydrogen-bond acceptors (Lipinski definition) is 4. The van der Waals surface area contributed by atoms with Gasteiger partial charge in [-0.05, 0) is 53.9 Å². The highest BCUT2D eigenvalue weighted by atomic mass is 32.2. The van der Waals surface area contributed by atoms with Gasteiger partial charge in [-0.15, -0.1) is 0 Å². The van der Waals surface area contributed by atoms with Gasteiger partial charge in [0.1, 0.15) is 11.5 Å². The van der Waals surface area contributed by atoms with Crippen molar-refractivity contribution in [1.82, 2.24) is 9.97 Å². The van der Waals surface area contributed by atoms with Crippen LogP contribution in [0, 0.1) is 12.7 Å². The van der Waals surface area contributed by atoms with Crippen molar-refractivity contribution in [1.29, 1.82) is 0 Å². The first-order valence-electron chi connectivity index (χ1n) is 8.83. The molecule has 0 radical (unpaired) electrons. The van der Waals surface area contributed by atoms with Crippen LogP contribution < -0.4 is 0 Å². The van der Waals surface area contributed by atoms with Gasteiger partial charge in [-0.3, -0.25) is 4.79 Å². The molecule has 0 amide bonds. The summed E-state index contributed by atoms with van der Waals surface area (Å²) < 4.78 is 37.6. The molecular weight excluding hydrogens is 391 g/mol. The van der Waals surface area contributed by atoms with Crippen LogP contribution in [-0.2, 0) is 9.84 Å². The molecule has 4 aromatic rings. The average molecular weight is 408 g/mol. The second-order valence-corrected chi connectivity index (χ2v) is 8.89. The Bertz CT molecular complexity index is 1370. The van der Waals surface area contributed by atoms with Gasteiger partial charge in [-0.1, -0.05) is 18.2 Å². The van der Waals surface area contributed by atoms with Gasteiger partial charge in [0.25, 0.3) is 0 Å². The van der Waals surface area contributed by atoms with Gasteiger partial charge < -0.3 is 4.98 Å². The van der Waals surface area contributed by atoms with E-state index in [4.69, 9.17) is 0 Å². The van der Waals surface area contributed by atoms with E-state index in [0.717, 1.165) is 6.26 Å². The number of halogens is 1. The van der Waals surface area contributed by atoms with Gasteiger partial charge in [-0.25, -0.2) is 17.8 Å². The number of rotatable bonds is 4. The number of ketones is 1. The van der Waals surface area contributed by atoms with Crippen molar-refractivity contribution in [2.24, 2.45) is 0 Å². The van der Waals surface area contributed by atoms with Crippen LogP contribution in [0.25, 0.3) is 22.2 Å². The zero-order valence-corrected chi connectivity index (χ0v) is 16.5. The normalized spacial score (nSPS) is 11.7. The fourth-order valence-electron chi connectivity index (χ4n) is 3.35. The van der Waals surface area contributed by atoms with Crippen molar-refractivity contribution in [2.45, 2.75) is 11.8 Å². The van der Waals surface area contributed by atoms with E-state index in [0.29, 0.717) is 33.3 Å². The van der Waals surface area contributed by atoms with Crippen LogP contribution in [0.2, 0.25) is 0 Å². The molecule has 4 rings (SSSR count). The summed E-state index contributed by atoms with van der Waals surface area (Å²) in [5.41, 5.74) is 3.08. The molecule has 2 heterocycles. The number of sulfone groups is 1. The SMILES string of the molecule is Cc1ccc(F)cc1C(=O)c1c[nH]c2nccc(-c3cccc(S(C)(=O)=O)c3)c12. The molecule has 29 heavy (non-hydrogen) atoms. The summed E-state index contributed by atoms with van der Waals surface area (Å²) in [5, 5.41) is 0.562. The quantitative estimate of drug-likeness (QED) is 0.510. The maximum Gasteiger partial charge on any atom is 0.195 e. The smallest absolute Gasteiger partial charge is 0.195 e. The van der Waals surface area contributed by atoms with Crippen molar-refractivity contribution in [3.05, 3.63) is 83.4 Å². The van der Waals surface area contributed by atoms with Crippen LogP contribution in [0.5, 0.6) is 0 Å². The highest BCUT2D eigenvalue weighted by molar-refractivity contribution is 7.90. The second kappa shape index (κ2) is 6.93. The van der Waals surface area contributed by atoms with Crippen molar-refractivity contribution in [2.75, 3.05) is 6.26 Å². The van der Waals surface area contributed by atoms with Crippen molar-refractivity contribution < 1.29 is 17.6 Å². The van der Waals surface area contributed by atoms with Crippen molar-refractivity contribution in [3.63, 3.8) is 0 Å². The van der Waals surface area contributed by atoms with Gasteiger partial charge in [-0.2, -0.15) is 0 Å². The molecular formula is C22H17FN2O3S. The summed E-state index contributed by atoms with van der Waals surface area (Å²) in [6, 6.07) is 12.3. The lowest BCUT2D eigenvalue weighted by atomic mass is 9.95. The zero-order valence-electron chi connectivity index (χ0n) is 15.7. The number of carbonyl (C=O) groups is 1. The molecule has 0 saturated carbocycles. The third-order valence-electron chi connectivity index (χ3n) is 4.84. The number of aryl methyl sites for hydroxylation is 1. The Morgan fingerprint density at radius 1 is 1.07 bits per heavy atom. The Morgan fingerprint density at radius 2 is 1.86 bits per heavy atom. The maximum atomic E-state index is 13.7. The Labute approximate surface area is 167 Å². The average Bonchev–Trinajstić information content (AvgIpc) is 3.13. The van der Waals surface area contributed by atoms with Crippen LogP contribution in [-0.4, -0.2) is 30.4 Å². The summed E-state index contributed by atoms with van der Waals surface area (Å²) in [7, 11) is -3.39. The topological polar surface area (TPSA) is 79.9 Å². The number of H-pyrrole nitrogens is 1. The molecule has 0 aliphatic rings. The summed E-state index contributed by atoms with van der Waals surface area (Å²) in [6.07, 6.45) is 4.28. The van der Waals surface area contributed by atoms with Crippen molar-refractivity contribution >= 4 is 26.7 Å². The second-order valence-electron chi connectivity index (χ2n) is 6.87. The number of pyridine rings is 1. The first kappa shape index (κ1) is 19.0. The van der Waals surface area contributed by atoms with E-state index in [1.807, 2.05) is 0 Å². The number of hydrogen-bond donors (Lipinski definition) is 1. The fourth-order valence-corrected chi connectivity index (χ4v) is 4.02. The Kier molecular flexibility index (Phi) is 4.55.